The molecular weight excluding hydrogens is 164 g/mol. The Hall–Kier alpha value is -1.51. The fourth-order valence-electron chi connectivity index (χ4n) is 1.77. The van der Waals surface area contributed by atoms with Crippen LogP contribution in [0.25, 0.3) is 0 Å². The van der Waals surface area contributed by atoms with E-state index in [1.807, 2.05) is 0 Å². The predicted octanol–water partition coefficient (Wildman–Crippen LogP) is 1.37. The molecule has 3 heteroatoms. The molecule has 13 heavy (non-hydrogen) atoms. The molecule has 0 atom stereocenters. The van der Waals surface area contributed by atoms with Gasteiger partial charge in [-0.05, 0) is 30.5 Å². The average molecular weight is 176 g/mol. The first kappa shape index (κ1) is 8.10. The van der Waals surface area contributed by atoms with Crippen molar-refractivity contribution in [3.8, 4) is 0 Å². The lowest BCUT2D eigenvalue weighted by Crippen LogP contribution is -2.13. The molecule has 0 aliphatic heterocycles. The molecule has 2 rings (SSSR count). The summed E-state index contributed by atoms with van der Waals surface area (Å²) in [5, 5.41) is 0. The summed E-state index contributed by atoms with van der Waals surface area (Å²) in [5.41, 5.74) is 14.3. The summed E-state index contributed by atoms with van der Waals surface area (Å²) in [6, 6.07) is 3.49. The van der Waals surface area contributed by atoms with Gasteiger partial charge in [0, 0.05) is 12.0 Å². The Labute approximate surface area is 76.7 Å². The molecule has 0 saturated heterocycles. The number of hydrogen-bond donors (Lipinski definition) is 2. The largest absolute Gasteiger partial charge is 0.397 e. The second-order valence-electron chi connectivity index (χ2n) is 3.37. The molecule has 1 aromatic rings. The Morgan fingerprint density at radius 1 is 1.15 bits per heavy atom. The third-order valence-corrected chi connectivity index (χ3v) is 2.52. The Balaban J connectivity index is 2.63. The highest BCUT2D eigenvalue weighted by molar-refractivity contribution is 6.00. The molecule has 0 radical (unpaired) electrons. The van der Waals surface area contributed by atoms with Gasteiger partial charge in [0.05, 0.1) is 11.4 Å². The van der Waals surface area contributed by atoms with Crippen LogP contribution in [0.3, 0.4) is 0 Å². The van der Waals surface area contributed by atoms with Gasteiger partial charge in [0.25, 0.3) is 0 Å². The van der Waals surface area contributed by atoms with Gasteiger partial charge in [0.1, 0.15) is 0 Å². The number of rotatable bonds is 0. The summed E-state index contributed by atoms with van der Waals surface area (Å²) < 4.78 is 0. The van der Waals surface area contributed by atoms with Crippen molar-refractivity contribution in [1.82, 2.24) is 0 Å². The zero-order chi connectivity index (χ0) is 9.42. The highest BCUT2D eigenvalue weighted by atomic mass is 16.1. The smallest absolute Gasteiger partial charge is 0.163 e. The molecule has 0 bridgehead atoms. The van der Waals surface area contributed by atoms with Crippen molar-refractivity contribution in [2.24, 2.45) is 0 Å². The Kier molecular flexibility index (Phi) is 1.72. The van der Waals surface area contributed by atoms with Gasteiger partial charge in [0.2, 0.25) is 0 Å². The normalized spacial score (nSPS) is 15.5. The number of ketones is 1. The maximum atomic E-state index is 11.5. The van der Waals surface area contributed by atoms with Crippen LogP contribution in [-0.2, 0) is 6.42 Å². The molecule has 0 fully saturated rings. The standard InChI is InChI=1S/C10H12N2O/c11-8-5-4-6-7(10(8)12)2-1-3-9(6)13/h4-5H,1-3,11-12H2. The number of fused-ring (bicyclic) bond motifs is 1. The van der Waals surface area contributed by atoms with Crippen molar-refractivity contribution >= 4 is 17.2 Å². The van der Waals surface area contributed by atoms with Crippen LogP contribution >= 0.6 is 0 Å². The minimum atomic E-state index is 0.188. The van der Waals surface area contributed by atoms with Crippen LogP contribution in [0.15, 0.2) is 12.1 Å². The maximum absolute atomic E-state index is 11.5. The number of carbonyl (C=O) groups excluding carboxylic acids is 1. The van der Waals surface area contributed by atoms with E-state index in [0.717, 1.165) is 24.0 Å². The quantitative estimate of drug-likeness (QED) is 0.586. The van der Waals surface area contributed by atoms with Crippen LogP contribution in [0.4, 0.5) is 11.4 Å². The summed E-state index contributed by atoms with van der Waals surface area (Å²) in [5.74, 6) is 0.188. The molecule has 0 heterocycles. The summed E-state index contributed by atoms with van der Waals surface area (Å²) in [6.07, 6.45) is 2.40. The number of nitrogen functional groups attached to an aromatic ring is 2. The summed E-state index contributed by atoms with van der Waals surface area (Å²) >= 11 is 0. The van der Waals surface area contributed by atoms with E-state index >= 15 is 0 Å². The lowest BCUT2D eigenvalue weighted by molar-refractivity contribution is 0.0972. The van der Waals surface area contributed by atoms with Gasteiger partial charge in [-0.3, -0.25) is 4.79 Å². The molecule has 1 aliphatic carbocycles. The van der Waals surface area contributed by atoms with E-state index < -0.39 is 0 Å². The van der Waals surface area contributed by atoms with E-state index in [2.05, 4.69) is 0 Å². The summed E-state index contributed by atoms with van der Waals surface area (Å²) in [4.78, 5) is 11.5. The lowest BCUT2D eigenvalue weighted by atomic mass is 9.89. The lowest BCUT2D eigenvalue weighted by Gasteiger charge is -2.17. The van der Waals surface area contributed by atoms with E-state index in [-0.39, 0.29) is 5.78 Å². The average Bonchev–Trinajstić information content (AvgIpc) is 2.12. The molecule has 68 valence electrons. The van der Waals surface area contributed by atoms with Gasteiger partial charge >= 0.3 is 0 Å². The Morgan fingerprint density at radius 3 is 2.69 bits per heavy atom. The van der Waals surface area contributed by atoms with E-state index in [4.69, 9.17) is 11.5 Å². The molecule has 1 aromatic carbocycles. The second-order valence-corrected chi connectivity index (χ2v) is 3.37. The number of nitrogens with two attached hydrogens (primary N) is 2. The minimum absolute atomic E-state index is 0.188. The fourth-order valence-corrected chi connectivity index (χ4v) is 1.77. The zero-order valence-corrected chi connectivity index (χ0v) is 7.34. The number of carbonyl (C=O) groups is 1. The third-order valence-electron chi connectivity index (χ3n) is 2.52. The van der Waals surface area contributed by atoms with Gasteiger partial charge in [0.15, 0.2) is 5.78 Å². The van der Waals surface area contributed by atoms with Gasteiger partial charge in [-0.1, -0.05) is 0 Å². The number of anilines is 2. The number of Topliss-reactive ketones (excluding diaryl/α,β-unsaturated/α-hetero) is 1. The Bertz CT molecular complexity index is 371. The third kappa shape index (κ3) is 1.16. The predicted molar refractivity (Wildman–Crippen MR) is 52.5 cm³/mol. The number of benzene rings is 1. The maximum Gasteiger partial charge on any atom is 0.163 e. The van der Waals surface area contributed by atoms with Gasteiger partial charge < -0.3 is 11.5 Å². The minimum Gasteiger partial charge on any atom is -0.397 e. The van der Waals surface area contributed by atoms with E-state index in [1.165, 1.54) is 0 Å². The van der Waals surface area contributed by atoms with Gasteiger partial charge in [-0.15, -0.1) is 0 Å². The molecule has 0 saturated carbocycles. The van der Waals surface area contributed by atoms with Gasteiger partial charge in [-0.25, -0.2) is 0 Å². The van der Waals surface area contributed by atoms with E-state index in [9.17, 15) is 4.79 Å². The van der Waals surface area contributed by atoms with Crippen molar-refractivity contribution in [3.63, 3.8) is 0 Å². The van der Waals surface area contributed by atoms with Crippen LogP contribution < -0.4 is 11.5 Å². The van der Waals surface area contributed by atoms with Crippen LogP contribution in [0.5, 0.6) is 0 Å². The topological polar surface area (TPSA) is 69.1 Å². The monoisotopic (exact) mass is 176 g/mol. The molecule has 1 aliphatic rings. The highest BCUT2D eigenvalue weighted by Gasteiger charge is 2.19. The van der Waals surface area contributed by atoms with E-state index in [1.54, 1.807) is 12.1 Å². The molecule has 4 N–H and O–H groups in total. The molecule has 0 spiro atoms. The summed E-state index contributed by atoms with van der Waals surface area (Å²) in [7, 11) is 0. The fraction of sp³-hybridized carbons (Fsp3) is 0.300. The van der Waals surface area contributed by atoms with Crippen molar-refractivity contribution in [3.05, 3.63) is 23.3 Å². The number of hydrogen-bond acceptors (Lipinski definition) is 3. The molecule has 0 unspecified atom stereocenters. The van der Waals surface area contributed by atoms with Crippen molar-refractivity contribution < 1.29 is 4.79 Å². The van der Waals surface area contributed by atoms with Crippen molar-refractivity contribution in [1.29, 1.82) is 0 Å². The SMILES string of the molecule is Nc1ccc2c(c1N)CCCC2=O. The second kappa shape index (κ2) is 2.76. The van der Waals surface area contributed by atoms with Crippen LogP contribution in [0, 0.1) is 0 Å². The van der Waals surface area contributed by atoms with Crippen LogP contribution in [0.2, 0.25) is 0 Å². The molecular formula is C10H12N2O. The van der Waals surface area contributed by atoms with Crippen LogP contribution in [-0.4, -0.2) is 5.78 Å². The molecule has 3 nitrogen and oxygen atoms in total. The molecule has 0 amide bonds. The first-order chi connectivity index (χ1) is 6.20. The van der Waals surface area contributed by atoms with Crippen molar-refractivity contribution in [2.45, 2.75) is 19.3 Å². The molecule has 0 aromatic heterocycles. The van der Waals surface area contributed by atoms with E-state index in [0.29, 0.717) is 17.8 Å². The zero-order valence-electron chi connectivity index (χ0n) is 7.34. The first-order valence-corrected chi connectivity index (χ1v) is 4.40. The van der Waals surface area contributed by atoms with Crippen molar-refractivity contribution in [2.75, 3.05) is 11.5 Å². The Morgan fingerprint density at radius 2 is 1.92 bits per heavy atom. The van der Waals surface area contributed by atoms with Crippen LogP contribution in [0.1, 0.15) is 28.8 Å². The highest BCUT2D eigenvalue weighted by Crippen LogP contribution is 2.29. The van der Waals surface area contributed by atoms with Gasteiger partial charge in [-0.2, -0.15) is 0 Å². The summed E-state index contributed by atoms with van der Waals surface area (Å²) in [6.45, 7) is 0. The first-order valence-electron chi connectivity index (χ1n) is 4.40.